The van der Waals surface area contributed by atoms with Crippen molar-refractivity contribution in [3.8, 4) is 5.75 Å². The summed E-state index contributed by atoms with van der Waals surface area (Å²) in [7, 11) is 0. The largest absolute Gasteiger partial charge is 0.489 e. The normalized spacial score (nSPS) is 14.6. The standard InChI is InChI=1S/C12H16FNO2.C2H2O4/c13-11-3-1-2-4-12(11)16-10-7-14-5-8-15-9-6-14;3-1(4)2(5)6/h1-4H,5-10H2;(H,3,4)(H,5,6). The molecule has 2 rings (SSSR count). The zero-order chi connectivity index (χ0) is 16.4. The van der Waals surface area contributed by atoms with Gasteiger partial charge in [0.1, 0.15) is 6.61 Å². The quantitative estimate of drug-likeness (QED) is 0.789. The molecular formula is C14H18FNO6. The number of hydrogen-bond donors (Lipinski definition) is 2. The molecule has 1 saturated heterocycles. The highest BCUT2D eigenvalue weighted by atomic mass is 19.1. The van der Waals surface area contributed by atoms with E-state index in [0.29, 0.717) is 12.4 Å². The number of carboxylic acid groups (broad SMARTS) is 2. The molecule has 122 valence electrons. The minimum atomic E-state index is -1.82. The van der Waals surface area contributed by atoms with E-state index < -0.39 is 11.9 Å². The second-order valence-electron chi connectivity index (χ2n) is 4.34. The maximum absolute atomic E-state index is 13.2. The van der Waals surface area contributed by atoms with Gasteiger partial charge in [-0.15, -0.1) is 0 Å². The Morgan fingerprint density at radius 3 is 2.32 bits per heavy atom. The number of ether oxygens (including phenoxy) is 2. The molecule has 1 heterocycles. The molecule has 1 aromatic rings. The van der Waals surface area contributed by atoms with Crippen molar-refractivity contribution >= 4 is 11.9 Å². The van der Waals surface area contributed by atoms with Crippen LogP contribution in [0.15, 0.2) is 24.3 Å². The first-order valence-corrected chi connectivity index (χ1v) is 6.64. The summed E-state index contributed by atoms with van der Waals surface area (Å²) in [5, 5.41) is 14.8. The van der Waals surface area contributed by atoms with E-state index in [1.54, 1.807) is 18.2 Å². The minimum Gasteiger partial charge on any atom is -0.489 e. The smallest absolute Gasteiger partial charge is 0.414 e. The van der Waals surface area contributed by atoms with Gasteiger partial charge in [0, 0.05) is 19.6 Å². The third kappa shape index (κ3) is 7.00. The van der Waals surface area contributed by atoms with Crippen LogP contribution in [0.5, 0.6) is 5.75 Å². The summed E-state index contributed by atoms with van der Waals surface area (Å²) >= 11 is 0. The van der Waals surface area contributed by atoms with E-state index >= 15 is 0 Å². The third-order valence-corrected chi connectivity index (χ3v) is 2.79. The van der Waals surface area contributed by atoms with E-state index in [9.17, 15) is 4.39 Å². The summed E-state index contributed by atoms with van der Waals surface area (Å²) in [6.45, 7) is 4.75. The number of carbonyl (C=O) groups is 2. The number of carboxylic acids is 2. The van der Waals surface area contributed by atoms with Gasteiger partial charge >= 0.3 is 11.9 Å². The number of rotatable bonds is 4. The Kier molecular flexibility index (Phi) is 7.87. The summed E-state index contributed by atoms with van der Waals surface area (Å²) in [4.78, 5) is 20.5. The molecule has 22 heavy (non-hydrogen) atoms. The monoisotopic (exact) mass is 315 g/mol. The lowest BCUT2D eigenvalue weighted by Gasteiger charge is -2.26. The van der Waals surface area contributed by atoms with Crippen molar-refractivity contribution in [2.45, 2.75) is 0 Å². The topological polar surface area (TPSA) is 96.3 Å². The molecule has 0 amide bonds. The maximum Gasteiger partial charge on any atom is 0.414 e. The number of aliphatic carboxylic acids is 2. The van der Waals surface area contributed by atoms with Crippen molar-refractivity contribution in [2.24, 2.45) is 0 Å². The molecule has 0 atom stereocenters. The average molecular weight is 315 g/mol. The van der Waals surface area contributed by atoms with Gasteiger partial charge in [0.15, 0.2) is 11.6 Å². The SMILES string of the molecule is Fc1ccccc1OCCN1CCOCC1.O=C(O)C(=O)O. The molecule has 1 aliphatic heterocycles. The first kappa shape index (κ1) is 17.9. The van der Waals surface area contributed by atoms with Gasteiger partial charge in [-0.1, -0.05) is 12.1 Å². The molecule has 1 fully saturated rings. The average Bonchev–Trinajstić information content (AvgIpc) is 2.51. The van der Waals surface area contributed by atoms with E-state index in [0.717, 1.165) is 32.8 Å². The summed E-state index contributed by atoms with van der Waals surface area (Å²) in [6, 6.07) is 6.48. The highest BCUT2D eigenvalue weighted by Crippen LogP contribution is 2.15. The molecule has 0 saturated carbocycles. The minimum absolute atomic E-state index is 0.301. The summed E-state index contributed by atoms with van der Waals surface area (Å²) in [6.07, 6.45) is 0. The maximum atomic E-state index is 13.2. The van der Waals surface area contributed by atoms with Crippen molar-refractivity contribution < 1.29 is 33.7 Å². The molecule has 2 N–H and O–H groups in total. The van der Waals surface area contributed by atoms with E-state index in [-0.39, 0.29) is 5.82 Å². The molecule has 1 aromatic carbocycles. The van der Waals surface area contributed by atoms with Crippen molar-refractivity contribution in [1.82, 2.24) is 4.90 Å². The fraction of sp³-hybridized carbons (Fsp3) is 0.429. The summed E-state index contributed by atoms with van der Waals surface area (Å²) in [5.74, 6) is -3.62. The first-order valence-electron chi connectivity index (χ1n) is 6.64. The Bertz CT molecular complexity index is 478. The van der Waals surface area contributed by atoms with Gasteiger partial charge in [0.2, 0.25) is 0 Å². The van der Waals surface area contributed by atoms with E-state index in [1.165, 1.54) is 6.07 Å². The van der Waals surface area contributed by atoms with Crippen LogP contribution in [0.2, 0.25) is 0 Å². The Hall–Kier alpha value is -2.19. The fourth-order valence-electron chi connectivity index (χ4n) is 1.67. The molecule has 0 radical (unpaired) electrons. The molecule has 1 aliphatic rings. The number of morpholine rings is 1. The van der Waals surface area contributed by atoms with Gasteiger partial charge in [-0.05, 0) is 12.1 Å². The van der Waals surface area contributed by atoms with Crippen molar-refractivity contribution in [3.05, 3.63) is 30.1 Å². The van der Waals surface area contributed by atoms with Gasteiger partial charge in [0.05, 0.1) is 13.2 Å². The summed E-state index contributed by atoms with van der Waals surface area (Å²) in [5.41, 5.74) is 0. The van der Waals surface area contributed by atoms with Gasteiger partial charge in [-0.3, -0.25) is 4.90 Å². The Morgan fingerprint density at radius 2 is 1.77 bits per heavy atom. The molecule has 0 unspecified atom stereocenters. The number of para-hydroxylation sites is 1. The van der Waals surface area contributed by atoms with Crippen LogP contribution in [-0.4, -0.2) is 66.5 Å². The molecule has 8 heteroatoms. The molecule has 0 spiro atoms. The molecular weight excluding hydrogens is 297 g/mol. The van der Waals surface area contributed by atoms with Crippen LogP contribution in [0.1, 0.15) is 0 Å². The number of halogens is 1. The number of hydrogen-bond acceptors (Lipinski definition) is 5. The predicted molar refractivity (Wildman–Crippen MR) is 74.4 cm³/mol. The lowest BCUT2D eigenvalue weighted by atomic mass is 10.3. The van der Waals surface area contributed by atoms with Crippen LogP contribution in [0.4, 0.5) is 4.39 Å². The van der Waals surface area contributed by atoms with E-state index in [4.69, 9.17) is 29.3 Å². The molecule has 0 bridgehead atoms. The zero-order valence-corrected chi connectivity index (χ0v) is 11.9. The van der Waals surface area contributed by atoms with Gasteiger partial charge in [0.25, 0.3) is 0 Å². The van der Waals surface area contributed by atoms with Crippen LogP contribution in [0, 0.1) is 5.82 Å². The second kappa shape index (κ2) is 9.69. The van der Waals surface area contributed by atoms with Crippen LogP contribution < -0.4 is 4.74 Å². The fourth-order valence-corrected chi connectivity index (χ4v) is 1.67. The van der Waals surface area contributed by atoms with Gasteiger partial charge in [-0.2, -0.15) is 0 Å². The van der Waals surface area contributed by atoms with Crippen LogP contribution >= 0.6 is 0 Å². The number of nitrogens with zero attached hydrogens (tertiary/aromatic N) is 1. The Labute approximate surface area is 126 Å². The van der Waals surface area contributed by atoms with Crippen LogP contribution in [0.3, 0.4) is 0 Å². The van der Waals surface area contributed by atoms with Crippen LogP contribution in [0.25, 0.3) is 0 Å². The summed E-state index contributed by atoms with van der Waals surface area (Å²) < 4.78 is 23.8. The molecule has 0 aromatic heterocycles. The number of benzene rings is 1. The van der Waals surface area contributed by atoms with Crippen molar-refractivity contribution in [2.75, 3.05) is 39.5 Å². The zero-order valence-electron chi connectivity index (χ0n) is 11.9. The Balaban J connectivity index is 0.000000346. The Morgan fingerprint density at radius 1 is 1.18 bits per heavy atom. The van der Waals surface area contributed by atoms with E-state index in [2.05, 4.69) is 4.90 Å². The lowest BCUT2D eigenvalue weighted by molar-refractivity contribution is -0.159. The van der Waals surface area contributed by atoms with Crippen molar-refractivity contribution in [1.29, 1.82) is 0 Å². The van der Waals surface area contributed by atoms with Crippen molar-refractivity contribution in [3.63, 3.8) is 0 Å². The molecule has 0 aliphatic carbocycles. The molecule has 7 nitrogen and oxygen atoms in total. The van der Waals surface area contributed by atoms with Crippen LogP contribution in [-0.2, 0) is 14.3 Å². The predicted octanol–water partition coefficient (Wildman–Crippen LogP) is 0.692. The lowest BCUT2D eigenvalue weighted by Crippen LogP contribution is -2.38. The van der Waals surface area contributed by atoms with Gasteiger partial charge in [-0.25, -0.2) is 14.0 Å². The third-order valence-electron chi connectivity index (χ3n) is 2.79. The second-order valence-corrected chi connectivity index (χ2v) is 4.34. The highest BCUT2D eigenvalue weighted by Gasteiger charge is 2.10. The highest BCUT2D eigenvalue weighted by molar-refractivity contribution is 6.27. The first-order chi connectivity index (χ1) is 10.5. The van der Waals surface area contributed by atoms with E-state index in [1.807, 2.05) is 0 Å². The van der Waals surface area contributed by atoms with Gasteiger partial charge < -0.3 is 19.7 Å².